The molecule has 0 saturated carbocycles. The zero-order valence-electron chi connectivity index (χ0n) is 13.8. The van der Waals surface area contributed by atoms with Crippen molar-refractivity contribution in [3.63, 3.8) is 0 Å². The van der Waals surface area contributed by atoms with Crippen LogP contribution in [-0.2, 0) is 4.79 Å². The van der Waals surface area contributed by atoms with E-state index >= 15 is 0 Å². The van der Waals surface area contributed by atoms with Crippen LogP contribution in [0.2, 0.25) is 0 Å². The molecule has 2 fully saturated rings. The van der Waals surface area contributed by atoms with Gasteiger partial charge in [0.1, 0.15) is 0 Å². The van der Waals surface area contributed by atoms with E-state index in [0.29, 0.717) is 6.04 Å². The number of hydrogen-bond donors (Lipinski definition) is 2. The van der Waals surface area contributed by atoms with Crippen LogP contribution in [0.25, 0.3) is 0 Å². The molecule has 2 saturated heterocycles. The average Bonchev–Trinajstić information content (AvgIpc) is 2.40. The van der Waals surface area contributed by atoms with Crippen molar-refractivity contribution in [1.29, 1.82) is 0 Å². The van der Waals surface area contributed by atoms with Crippen LogP contribution in [0.5, 0.6) is 0 Å². The lowest BCUT2D eigenvalue weighted by molar-refractivity contribution is -0.131. The number of carbonyl (C=O) groups excluding carboxylic acids is 1. The topological polar surface area (TPSA) is 47.6 Å². The first-order chi connectivity index (χ1) is 9.01. The van der Waals surface area contributed by atoms with Crippen LogP contribution in [0.3, 0.4) is 0 Å². The largest absolute Gasteiger partial charge is 0.354 e. The summed E-state index contributed by atoms with van der Waals surface area (Å²) in [5.74, 6) is 0.210. The molecule has 0 aromatic rings. The highest BCUT2D eigenvalue weighted by molar-refractivity contribution is 5.86. The molecule has 22 heavy (non-hydrogen) atoms. The maximum atomic E-state index is 12.4. The van der Waals surface area contributed by atoms with E-state index in [0.717, 1.165) is 52.1 Å². The first-order valence-corrected chi connectivity index (χ1v) is 7.39. The highest BCUT2D eigenvalue weighted by Crippen LogP contribution is 2.25. The van der Waals surface area contributed by atoms with Crippen LogP contribution in [0, 0.1) is 5.41 Å². The fourth-order valence-corrected chi connectivity index (χ4v) is 3.00. The molecule has 0 aromatic carbocycles. The normalized spacial score (nSPS) is 29.5. The van der Waals surface area contributed by atoms with Gasteiger partial charge in [-0.3, -0.25) is 9.69 Å². The summed E-state index contributed by atoms with van der Waals surface area (Å²) >= 11 is 0. The van der Waals surface area contributed by atoms with Crippen molar-refractivity contribution in [3.05, 3.63) is 0 Å². The Morgan fingerprint density at radius 1 is 1.27 bits per heavy atom. The molecule has 0 aliphatic carbocycles. The molecule has 2 aliphatic heterocycles. The van der Waals surface area contributed by atoms with Gasteiger partial charge in [-0.05, 0) is 40.4 Å². The monoisotopic (exact) mass is 376 g/mol. The Morgan fingerprint density at radius 3 is 2.55 bits per heavy atom. The first kappa shape index (κ1) is 24.5. The quantitative estimate of drug-likeness (QED) is 0.770. The van der Waals surface area contributed by atoms with Gasteiger partial charge in [0.15, 0.2) is 0 Å². The zero-order valence-corrected chi connectivity index (χ0v) is 16.2. The summed E-state index contributed by atoms with van der Waals surface area (Å²) in [5, 5.41) is 6.50. The predicted molar refractivity (Wildman–Crippen MR) is 98.9 cm³/mol. The smallest absolute Gasteiger partial charge is 0.227 e. The van der Waals surface area contributed by atoms with Gasteiger partial charge in [0.25, 0.3) is 0 Å². The molecule has 0 bridgehead atoms. The number of nitrogens with zero attached hydrogens (tertiary/aromatic N) is 2. The van der Waals surface area contributed by atoms with Crippen molar-refractivity contribution in [1.82, 2.24) is 20.4 Å². The van der Waals surface area contributed by atoms with Crippen molar-refractivity contribution in [2.24, 2.45) is 5.41 Å². The van der Waals surface area contributed by atoms with Gasteiger partial charge < -0.3 is 15.5 Å². The Kier molecular flexibility index (Phi) is 12.1. The van der Waals surface area contributed by atoms with E-state index in [-0.39, 0.29) is 48.5 Å². The Balaban J connectivity index is 0. The van der Waals surface area contributed by atoms with Gasteiger partial charge in [-0.15, -0.1) is 37.2 Å². The first-order valence-electron chi connectivity index (χ1n) is 7.39. The Labute approximate surface area is 153 Å². The van der Waals surface area contributed by atoms with Crippen LogP contribution in [0.4, 0.5) is 0 Å². The molecule has 0 radical (unpaired) electrons. The Bertz CT molecular complexity index is 327. The van der Waals surface area contributed by atoms with Gasteiger partial charge >= 0.3 is 0 Å². The molecule has 2 heterocycles. The van der Waals surface area contributed by atoms with E-state index < -0.39 is 0 Å². The van der Waals surface area contributed by atoms with E-state index in [1.165, 1.54) is 0 Å². The summed E-state index contributed by atoms with van der Waals surface area (Å²) in [6.07, 6.45) is 2.09. The highest BCUT2D eigenvalue weighted by Gasteiger charge is 2.35. The number of halogens is 3. The number of carbonyl (C=O) groups is 1. The summed E-state index contributed by atoms with van der Waals surface area (Å²) in [7, 11) is 4.29. The Hall–Kier alpha value is 0.220. The summed E-state index contributed by atoms with van der Waals surface area (Å²) in [6, 6.07) is 0.433. The third-order valence-electron chi connectivity index (χ3n) is 4.62. The highest BCUT2D eigenvalue weighted by atomic mass is 35.5. The number of hydrogen-bond acceptors (Lipinski definition) is 4. The summed E-state index contributed by atoms with van der Waals surface area (Å²) in [6.45, 7) is 7.91. The third-order valence-corrected chi connectivity index (χ3v) is 4.62. The Morgan fingerprint density at radius 2 is 1.95 bits per heavy atom. The van der Waals surface area contributed by atoms with E-state index in [9.17, 15) is 4.79 Å². The molecule has 8 heteroatoms. The van der Waals surface area contributed by atoms with Crippen LogP contribution in [0.1, 0.15) is 19.8 Å². The maximum absolute atomic E-state index is 12.4. The van der Waals surface area contributed by atoms with Crippen LogP contribution in [0.15, 0.2) is 0 Å². The number of amides is 1. The summed E-state index contributed by atoms with van der Waals surface area (Å²) < 4.78 is 0. The van der Waals surface area contributed by atoms with Crippen LogP contribution in [-0.4, -0.2) is 75.1 Å². The lowest BCUT2D eigenvalue weighted by atomic mass is 9.82. The second kappa shape index (κ2) is 10.9. The molecule has 2 atom stereocenters. The van der Waals surface area contributed by atoms with Gasteiger partial charge in [-0.2, -0.15) is 0 Å². The number of likely N-dealkylation sites (N-methyl/N-ethyl adjacent to an activating group) is 2. The van der Waals surface area contributed by atoms with Gasteiger partial charge in [-0.1, -0.05) is 0 Å². The molecule has 5 nitrogen and oxygen atoms in total. The number of nitrogens with one attached hydrogen (secondary N) is 2. The van der Waals surface area contributed by atoms with Gasteiger partial charge in [0.05, 0.1) is 5.41 Å². The van der Waals surface area contributed by atoms with Gasteiger partial charge in [0.2, 0.25) is 5.91 Å². The maximum Gasteiger partial charge on any atom is 0.227 e. The average molecular weight is 378 g/mol. The third kappa shape index (κ3) is 6.38. The number of piperidine rings is 1. The molecule has 2 unspecified atom stereocenters. The van der Waals surface area contributed by atoms with Gasteiger partial charge in [0, 0.05) is 38.8 Å². The minimum absolute atomic E-state index is 0. The van der Waals surface area contributed by atoms with E-state index in [2.05, 4.69) is 41.5 Å². The number of rotatable bonds is 3. The van der Waals surface area contributed by atoms with Crippen LogP contribution < -0.4 is 10.6 Å². The molecule has 2 rings (SSSR count). The minimum Gasteiger partial charge on any atom is -0.354 e. The molecule has 0 aromatic heterocycles. The standard InChI is InChI=1S/C14H28N4O.3ClH/c1-14(5-4-6-15-11-14)13(19)16-9-12-10-17(2)7-8-18(12)3;;;/h12,15H,4-11H2,1-3H3,(H,16,19);3*1H. The molecular formula is C14H31Cl3N4O. The molecular weight excluding hydrogens is 347 g/mol. The van der Waals surface area contributed by atoms with Crippen molar-refractivity contribution in [2.45, 2.75) is 25.8 Å². The summed E-state index contributed by atoms with van der Waals surface area (Å²) in [4.78, 5) is 17.1. The molecule has 134 valence electrons. The van der Waals surface area contributed by atoms with Crippen molar-refractivity contribution in [2.75, 3.05) is 53.4 Å². The van der Waals surface area contributed by atoms with Crippen molar-refractivity contribution in [3.8, 4) is 0 Å². The van der Waals surface area contributed by atoms with E-state index in [1.54, 1.807) is 0 Å². The number of piperazine rings is 1. The van der Waals surface area contributed by atoms with Gasteiger partial charge in [-0.25, -0.2) is 0 Å². The second-order valence-electron chi connectivity index (χ2n) is 6.45. The second-order valence-corrected chi connectivity index (χ2v) is 6.45. The zero-order chi connectivity index (χ0) is 13.9. The SMILES string of the molecule is CN1CCN(C)C(CNC(=O)C2(C)CCCNC2)C1.Cl.Cl.Cl. The summed E-state index contributed by atoms with van der Waals surface area (Å²) in [5.41, 5.74) is -0.225. The molecule has 1 amide bonds. The molecule has 2 aliphatic rings. The lowest BCUT2D eigenvalue weighted by Crippen LogP contribution is -2.56. The molecule has 2 N–H and O–H groups in total. The van der Waals surface area contributed by atoms with Crippen molar-refractivity contribution >= 4 is 43.1 Å². The fraction of sp³-hybridized carbons (Fsp3) is 0.929. The van der Waals surface area contributed by atoms with Crippen molar-refractivity contribution < 1.29 is 4.79 Å². The lowest BCUT2D eigenvalue weighted by Gasteiger charge is -2.39. The fourth-order valence-electron chi connectivity index (χ4n) is 3.00. The van der Waals surface area contributed by atoms with E-state index in [4.69, 9.17) is 0 Å². The minimum atomic E-state index is -0.225. The van der Waals surface area contributed by atoms with Crippen LogP contribution >= 0.6 is 37.2 Å². The predicted octanol–water partition coefficient (Wildman–Crippen LogP) is 1.00. The molecule has 0 spiro atoms. The van der Waals surface area contributed by atoms with E-state index in [1.807, 2.05) is 0 Å².